The van der Waals surface area contributed by atoms with Crippen LogP contribution in [0, 0.1) is 0 Å². The van der Waals surface area contributed by atoms with Gasteiger partial charge in [-0.25, -0.2) is 4.98 Å². The molecule has 0 bridgehead atoms. The normalized spacial score (nSPS) is 11.9. The van der Waals surface area contributed by atoms with Crippen molar-refractivity contribution in [2.24, 2.45) is 0 Å². The zero-order valence-electron chi connectivity index (χ0n) is 18.6. The number of carbonyl (C=O) groups is 1. The number of nitrogens with zero attached hydrogens (tertiary/aromatic N) is 2. The lowest BCUT2D eigenvalue weighted by Gasteiger charge is -2.25. The Morgan fingerprint density at radius 1 is 0.972 bits per heavy atom. The van der Waals surface area contributed by atoms with Crippen LogP contribution < -0.4 is 4.74 Å². The highest BCUT2D eigenvalue weighted by atomic mass is 35.5. The van der Waals surface area contributed by atoms with Crippen LogP contribution in [-0.4, -0.2) is 34.6 Å². The van der Waals surface area contributed by atoms with Gasteiger partial charge in [-0.2, -0.15) is 26.3 Å². The number of ether oxygens (including phenoxy) is 1. The third kappa shape index (κ3) is 6.27. The Morgan fingerprint density at radius 2 is 1.58 bits per heavy atom. The Bertz CT molecular complexity index is 1220. The first kappa shape index (κ1) is 27.3. The van der Waals surface area contributed by atoms with Crippen LogP contribution in [0.15, 0.2) is 54.7 Å². The molecule has 3 rings (SSSR count). The van der Waals surface area contributed by atoms with Crippen LogP contribution in [0.2, 0.25) is 5.15 Å². The van der Waals surface area contributed by atoms with Crippen molar-refractivity contribution in [2.45, 2.75) is 25.4 Å². The van der Waals surface area contributed by atoms with Gasteiger partial charge in [0, 0.05) is 30.4 Å². The van der Waals surface area contributed by atoms with Gasteiger partial charge < -0.3 is 14.7 Å². The summed E-state index contributed by atoms with van der Waals surface area (Å²) in [7, 11) is 1.44. The van der Waals surface area contributed by atoms with Crippen molar-refractivity contribution >= 4 is 17.5 Å². The summed E-state index contributed by atoms with van der Waals surface area (Å²) >= 11 is 6.29. The lowest BCUT2D eigenvalue weighted by molar-refractivity contribution is -0.143. The molecule has 0 aliphatic heterocycles. The molecule has 12 heteroatoms. The van der Waals surface area contributed by atoms with Crippen molar-refractivity contribution in [3.63, 3.8) is 0 Å². The number of amides is 1. The molecule has 192 valence electrons. The van der Waals surface area contributed by atoms with Crippen LogP contribution in [0.4, 0.5) is 26.3 Å². The number of methoxy groups -OCH3 is 1. The SMILES string of the molecule is COc1ccccc1-c1ccnc(Cl)c1CN(Cc1cc(C(F)(F)F)cc(C(F)(F)F)c1)C(=O)CO. The number of hydrogen-bond donors (Lipinski definition) is 1. The van der Waals surface area contributed by atoms with Crippen molar-refractivity contribution < 1.29 is 41.0 Å². The van der Waals surface area contributed by atoms with Crippen LogP contribution in [0.5, 0.6) is 5.75 Å². The maximum absolute atomic E-state index is 13.3. The zero-order valence-corrected chi connectivity index (χ0v) is 19.4. The first-order chi connectivity index (χ1) is 16.8. The van der Waals surface area contributed by atoms with Crippen molar-refractivity contribution in [1.29, 1.82) is 0 Å². The van der Waals surface area contributed by atoms with Crippen LogP contribution in [-0.2, 0) is 30.2 Å². The van der Waals surface area contributed by atoms with E-state index in [9.17, 15) is 36.2 Å². The average Bonchev–Trinajstić information content (AvgIpc) is 2.82. The number of alkyl halides is 6. The molecule has 0 aliphatic carbocycles. The Morgan fingerprint density at radius 3 is 2.14 bits per heavy atom. The molecule has 0 saturated carbocycles. The minimum atomic E-state index is -5.05. The lowest BCUT2D eigenvalue weighted by atomic mass is 9.99. The summed E-state index contributed by atoms with van der Waals surface area (Å²) in [5.74, 6) is -0.486. The van der Waals surface area contributed by atoms with E-state index in [0.29, 0.717) is 29.0 Å². The first-order valence-electron chi connectivity index (χ1n) is 10.3. The first-order valence-corrected chi connectivity index (χ1v) is 10.7. The molecule has 36 heavy (non-hydrogen) atoms. The molecule has 2 aromatic carbocycles. The number of pyridine rings is 1. The van der Waals surface area contributed by atoms with E-state index in [2.05, 4.69) is 4.98 Å². The van der Waals surface area contributed by atoms with E-state index in [-0.39, 0.29) is 23.3 Å². The van der Waals surface area contributed by atoms with Gasteiger partial charge in [0.2, 0.25) is 5.91 Å². The fraction of sp³-hybridized carbons (Fsp3) is 0.250. The predicted molar refractivity (Wildman–Crippen MR) is 119 cm³/mol. The molecule has 0 spiro atoms. The van der Waals surface area contributed by atoms with Gasteiger partial charge in [-0.15, -0.1) is 0 Å². The Kier molecular flexibility index (Phi) is 8.15. The Balaban J connectivity index is 2.08. The van der Waals surface area contributed by atoms with Gasteiger partial charge in [-0.3, -0.25) is 4.79 Å². The van der Waals surface area contributed by atoms with Gasteiger partial charge in [-0.1, -0.05) is 29.8 Å². The molecule has 1 N–H and O–H groups in total. The van der Waals surface area contributed by atoms with Crippen LogP contribution in [0.1, 0.15) is 22.3 Å². The minimum Gasteiger partial charge on any atom is -0.496 e. The summed E-state index contributed by atoms with van der Waals surface area (Å²) in [4.78, 5) is 17.4. The third-order valence-electron chi connectivity index (χ3n) is 5.26. The summed E-state index contributed by atoms with van der Waals surface area (Å²) in [5, 5.41) is 9.40. The number of halogens is 7. The standard InChI is InChI=1S/C24H19ClF6N2O3/c1-36-20-5-3-2-4-18(20)17-6-7-32-22(25)19(17)12-33(21(35)13-34)11-14-8-15(23(26,27)28)10-16(9-14)24(29,30)31/h2-10,34H,11-13H2,1H3. The quantitative estimate of drug-likeness (QED) is 0.301. The third-order valence-corrected chi connectivity index (χ3v) is 5.58. The van der Waals surface area contributed by atoms with E-state index in [1.165, 1.54) is 13.3 Å². The lowest BCUT2D eigenvalue weighted by Crippen LogP contribution is -2.33. The van der Waals surface area contributed by atoms with Gasteiger partial charge in [0.15, 0.2) is 0 Å². The highest BCUT2D eigenvalue weighted by Gasteiger charge is 2.37. The smallest absolute Gasteiger partial charge is 0.416 e. The molecule has 5 nitrogen and oxygen atoms in total. The van der Waals surface area contributed by atoms with Crippen LogP contribution in [0.25, 0.3) is 11.1 Å². The Hall–Kier alpha value is -3.31. The topological polar surface area (TPSA) is 62.7 Å². The van der Waals surface area contributed by atoms with Crippen molar-refractivity contribution in [2.75, 3.05) is 13.7 Å². The van der Waals surface area contributed by atoms with Crippen LogP contribution in [0.3, 0.4) is 0 Å². The van der Waals surface area contributed by atoms with Gasteiger partial charge in [0.25, 0.3) is 0 Å². The van der Waals surface area contributed by atoms with E-state index in [1.54, 1.807) is 30.3 Å². The number of aliphatic hydroxyl groups is 1. The molecule has 3 aromatic rings. The van der Waals surface area contributed by atoms with E-state index in [1.807, 2.05) is 0 Å². The molecule has 0 fully saturated rings. The maximum atomic E-state index is 13.3. The van der Waals surface area contributed by atoms with Gasteiger partial charge >= 0.3 is 12.4 Å². The minimum absolute atomic E-state index is 0.000523. The maximum Gasteiger partial charge on any atom is 0.416 e. The monoisotopic (exact) mass is 532 g/mol. The van der Waals surface area contributed by atoms with E-state index in [4.69, 9.17) is 16.3 Å². The second-order valence-corrected chi connectivity index (χ2v) is 8.01. The largest absolute Gasteiger partial charge is 0.496 e. The highest BCUT2D eigenvalue weighted by molar-refractivity contribution is 6.30. The molecule has 0 unspecified atom stereocenters. The zero-order chi connectivity index (χ0) is 26.7. The number of carbonyl (C=O) groups excluding carboxylic acids is 1. The molecule has 1 aromatic heterocycles. The molecule has 0 saturated heterocycles. The Labute approximate surface area is 206 Å². The molecule has 0 atom stereocenters. The number of aliphatic hydroxyl groups excluding tert-OH is 1. The van der Waals surface area contributed by atoms with Gasteiger partial charge in [-0.05, 0) is 41.5 Å². The van der Waals surface area contributed by atoms with E-state index < -0.39 is 48.1 Å². The summed E-state index contributed by atoms with van der Waals surface area (Å²) < 4.78 is 85.1. The number of para-hydroxylation sites is 1. The summed E-state index contributed by atoms with van der Waals surface area (Å²) in [6.07, 6.45) is -8.70. The average molecular weight is 533 g/mol. The fourth-order valence-electron chi connectivity index (χ4n) is 3.59. The summed E-state index contributed by atoms with van der Waals surface area (Å²) in [5.41, 5.74) is -2.17. The summed E-state index contributed by atoms with van der Waals surface area (Å²) in [6.45, 7) is -2.06. The molecule has 1 heterocycles. The number of rotatable bonds is 7. The predicted octanol–water partition coefficient (Wildman–Crippen LogP) is 5.97. The fourth-order valence-corrected chi connectivity index (χ4v) is 3.81. The molecule has 1 amide bonds. The summed E-state index contributed by atoms with van der Waals surface area (Å²) in [6, 6.07) is 9.44. The van der Waals surface area contributed by atoms with Gasteiger partial charge in [0.1, 0.15) is 17.5 Å². The molecular formula is C24H19ClF6N2O3. The van der Waals surface area contributed by atoms with Crippen molar-refractivity contribution in [1.82, 2.24) is 9.88 Å². The number of hydrogen-bond acceptors (Lipinski definition) is 4. The highest BCUT2D eigenvalue weighted by Crippen LogP contribution is 2.38. The molecule has 0 radical (unpaired) electrons. The second-order valence-electron chi connectivity index (χ2n) is 7.65. The molecule has 0 aliphatic rings. The number of benzene rings is 2. The van der Waals surface area contributed by atoms with Crippen molar-refractivity contribution in [3.8, 4) is 16.9 Å². The second kappa shape index (κ2) is 10.8. The van der Waals surface area contributed by atoms with Gasteiger partial charge in [0.05, 0.1) is 18.2 Å². The van der Waals surface area contributed by atoms with E-state index >= 15 is 0 Å². The number of aromatic nitrogens is 1. The van der Waals surface area contributed by atoms with Crippen molar-refractivity contribution in [3.05, 3.63) is 82.1 Å². The molecular weight excluding hydrogens is 514 g/mol. The van der Waals surface area contributed by atoms with E-state index in [0.717, 1.165) is 4.90 Å². The van der Waals surface area contributed by atoms with Crippen LogP contribution >= 0.6 is 11.6 Å².